The topological polar surface area (TPSA) is 85.0 Å². The molecule has 0 heterocycles. The maximum Gasteiger partial charge on any atom is 0.179 e. The van der Waals surface area contributed by atoms with E-state index in [-0.39, 0.29) is 23.2 Å². The summed E-state index contributed by atoms with van der Waals surface area (Å²) in [4.78, 5) is 1.82. The van der Waals surface area contributed by atoms with E-state index in [1.54, 1.807) is 31.0 Å². The number of rotatable bonds is 5. The Morgan fingerprint density at radius 1 is 1.37 bits per heavy atom. The second-order valence-corrected chi connectivity index (χ2v) is 6.35. The number of hydrogen-bond donors (Lipinski definition) is 0. The van der Waals surface area contributed by atoms with Gasteiger partial charge in [-0.05, 0) is 32.2 Å². The van der Waals surface area contributed by atoms with E-state index in [9.17, 15) is 8.42 Å². The van der Waals surface area contributed by atoms with Gasteiger partial charge in [0.2, 0.25) is 0 Å². The molecule has 0 amide bonds. The molecule has 1 unspecified atom stereocenters. The van der Waals surface area contributed by atoms with Crippen molar-refractivity contribution < 1.29 is 8.42 Å². The zero-order valence-corrected chi connectivity index (χ0v) is 11.7. The molecule has 0 fully saturated rings. The van der Waals surface area contributed by atoms with Crippen molar-refractivity contribution in [2.75, 3.05) is 19.3 Å². The van der Waals surface area contributed by atoms with Crippen LogP contribution in [0.3, 0.4) is 0 Å². The predicted molar refractivity (Wildman–Crippen MR) is 70.9 cm³/mol. The summed E-state index contributed by atoms with van der Waals surface area (Å²) in [6.45, 7) is 1.98. The molecule has 0 bridgehead atoms. The van der Waals surface area contributed by atoms with Gasteiger partial charge in [0.05, 0.1) is 34.4 Å². The first-order valence-electron chi connectivity index (χ1n) is 5.73. The fraction of sp³-hybridized carbons (Fsp3) is 0.385. The van der Waals surface area contributed by atoms with Crippen LogP contribution < -0.4 is 0 Å². The third-order valence-corrected chi connectivity index (χ3v) is 4.58. The van der Waals surface area contributed by atoms with Crippen LogP contribution in [0.5, 0.6) is 0 Å². The fourth-order valence-corrected chi connectivity index (χ4v) is 2.79. The molecule has 0 saturated carbocycles. The van der Waals surface area contributed by atoms with Crippen molar-refractivity contribution >= 4 is 9.84 Å². The molecule has 19 heavy (non-hydrogen) atoms. The fourth-order valence-electron chi connectivity index (χ4n) is 1.43. The van der Waals surface area contributed by atoms with Gasteiger partial charge in [-0.3, -0.25) is 4.90 Å². The molecule has 0 aromatic heterocycles. The Morgan fingerprint density at radius 3 is 2.63 bits per heavy atom. The second kappa shape index (κ2) is 6.33. The smallest absolute Gasteiger partial charge is 0.179 e. The van der Waals surface area contributed by atoms with E-state index in [1.807, 2.05) is 12.1 Å². The van der Waals surface area contributed by atoms with Crippen LogP contribution >= 0.6 is 0 Å². The van der Waals surface area contributed by atoms with Crippen molar-refractivity contribution in [3.05, 3.63) is 29.8 Å². The lowest BCUT2D eigenvalue weighted by atomic mass is 10.2. The van der Waals surface area contributed by atoms with Crippen molar-refractivity contribution in [1.29, 1.82) is 10.5 Å². The first kappa shape index (κ1) is 15.2. The molecule has 0 spiro atoms. The van der Waals surface area contributed by atoms with Gasteiger partial charge in [0.15, 0.2) is 9.84 Å². The van der Waals surface area contributed by atoms with Crippen molar-refractivity contribution in [3.8, 4) is 12.1 Å². The molecule has 0 N–H and O–H groups in total. The highest BCUT2D eigenvalue weighted by molar-refractivity contribution is 7.91. The molecular weight excluding hydrogens is 262 g/mol. The minimum Gasteiger partial charge on any atom is -0.290 e. The Hall–Kier alpha value is -1.89. The molecule has 0 aliphatic heterocycles. The van der Waals surface area contributed by atoms with Crippen molar-refractivity contribution in [2.24, 2.45) is 0 Å². The zero-order chi connectivity index (χ0) is 14.5. The van der Waals surface area contributed by atoms with Crippen molar-refractivity contribution in [3.63, 3.8) is 0 Å². The minimum atomic E-state index is -3.43. The Bertz CT molecular complexity index is 626. The molecule has 6 heteroatoms. The lowest BCUT2D eigenvalue weighted by Crippen LogP contribution is -2.32. The summed E-state index contributed by atoms with van der Waals surface area (Å²) < 4.78 is 24.2. The number of nitrogens with zero attached hydrogens (tertiary/aromatic N) is 3. The molecular formula is C13H15N3O2S. The number of hydrogen-bond acceptors (Lipinski definition) is 5. The van der Waals surface area contributed by atoms with Gasteiger partial charge in [-0.15, -0.1) is 0 Å². The summed E-state index contributed by atoms with van der Waals surface area (Å²) >= 11 is 0. The van der Waals surface area contributed by atoms with Crippen molar-refractivity contribution in [1.82, 2.24) is 4.90 Å². The number of nitriles is 2. The van der Waals surface area contributed by atoms with Crippen LogP contribution in [0.25, 0.3) is 0 Å². The monoisotopic (exact) mass is 277 g/mol. The lowest BCUT2D eigenvalue weighted by Gasteiger charge is -2.18. The zero-order valence-electron chi connectivity index (χ0n) is 10.9. The molecule has 0 radical (unpaired) electrons. The summed E-state index contributed by atoms with van der Waals surface area (Å²) in [5.41, 5.74) is 0.319. The van der Waals surface area contributed by atoms with Gasteiger partial charge in [0.25, 0.3) is 0 Å². The maximum atomic E-state index is 12.1. The average Bonchev–Trinajstić information content (AvgIpc) is 2.43. The third kappa shape index (κ3) is 4.06. The summed E-state index contributed by atoms with van der Waals surface area (Å²) in [5.74, 6) is -0.0790. The Morgan fingerprint density at radius 2 is 2.05 bits per heavy atom. The Labute approximate surface area is 113 Å². The first-order chi connectivity index (χ1) is 8.90. The van der Waals surface area contributed by atoms with E-state index in [1.165, 1.54) is 12.1 Å². The van der Waals surface area contributed by atoms with E-state index in [2.05, 4.69) is 0 Å². The second-order valence-electron chi connectivity index (χ2n) is 4.24. The van der Waals surface area contributed by atoms with E-state index >= 15 is 0 Å². The van der Waals surface area contributed by atoms with Gasteiger partial charge >= 0.3 is 0 Å². The van der Waals surface area contributed by atoms with E-state index in [0.717, 1.165) is 0 Å². The normalized spacial score (nSPS) is 12.7. The van der Waals surface area contributed by atoms with Crippen LogP contribution in [0.1, 0.15) is 12.5 Å². The van der Waals surface area contributed by atoms with Crippen LogP contribution in [-0.4, -0.2) is 38.7 Å². The van der Waals surface area contributed by atoms with Gasteiger partial charge in [-0.25, -0.2) is 8.42 Å². The van der Waals surface area contributed by atoms with Gasteiger partial charge in [0, 0.05) is 6.54 Å². The average molecular weight is 277 g/mol. The molecule has 1 aromatic rings. The van der Waals surface area contributed by atoms with Crippen LogP contribution in [0.4, 0.5) is 0 Å². The highest BCUT2D eigenvalue weighted by Crippen LogP contribution is 2.13. The highest BCUT2D eigenvalue weighted by atomic mass is 32.2. The number of benzene rings is 1. The first-order valence-corrected chi connectivity index (χ1v) is 7.38. The molecule has 0 aliphatic rings. The molecule has 5 nitrogen and oxygen atoms in total. The maximum absolute atomic E-state index is 12.1. The Balaban J connectivity index is 2.83. The third-order valence-electron chi connectivity index (χ3n) is 2.88. The van der Waals surface area contributed by atoms with Crippen LogP contribution in [0.2, 0.25) is 0 Å². The van der Waals surface area contributed by atoms with Crippen molar-refractivity contribution in [2.45, 2.75) is 17.9 Å². The molecule has 1 aromatic carbocycles. The summed E-state index contributed by atoms with van der Waals surface area (Å²) in [6, 6.07) is 9.58. The molecule has 0 aliphatic carbocycles. The molecule has 1 rings (SSSR count). The van der Waals surface area contributed by atoms with Crippen LogP contribution in [-0.2, 0) is 9.84 Å². The molecule has 0 saturated heterocycles. The number of sulfone groups is 1. The molecule has 100 valence electrons. The SMILES string of the molecule is CC(C#N)N(C)CCS(=O)(=O)c1cccc(C#N)c1. The van der Waals surface area contributed by atoms with E-state index in [0.29, 0.717) is 5.56 Å². The Kier molecular flexibility index (Phi) is 5.05. The van der Waals surface area contributed by atoms with Crippen LogP contribution in [0.15, 0.2) is 29.2 Å². The van der Waals surface area contributed by atoms with Crippen LogP contribution in [0, 0.1) is 22.7 Å². The molecule has 1 atom stereocenters. The largest absolute Gasteiger partial charge is 0.290 e. The summed E-state index contributed by atoms with van der Waals surface area (Å²) in [7, 11) is -1.73. The minimum absolute atomic E-state index is 0.0790. The van der Waals surface area contributed by atoms with E-state index in [4.69, 9.17) is 10.5 Å². The van der Waals surface area contributed by atoms with E-state index < -0.39 is 9.84 Å². The summed E-state index contributed by atoms with van der Waals surface area (Å²) in [5, 5.41) is 17.5. The quantitative estimate of drug-likeness (QED) is 0.806. The van der Waals surface area contributed by atoms with Gasteiger partial charge in [-0.2, -0.15) is 10.5 Å². The predicted octanol–water partition coefficient (Wildman–Crippen LogP) is 1.18. The lowest BCUT2D eigenvalue weighted by molar-refractivity contribution is 0.320. The summed E-state index contributed by atoms with van der Waals surface area (Å²) in [6.07, 6.45) is 0. The van der Waals surface area contributed by atoms with Gasteiger partial charge in [-0.1, -0.05) is 6.07 Å². The highest BCUT2D eigenvalue weighted by Gasteiger charge is 2.17. The van der Waals surface area contributed by atoms with Gasteiger partial charge < -0.3 is 0 Å². The standard InChI is InChI=1S/C13H15N3O2S/c1-11(9-14)16(2)6-7-19(17,18)13-5-3-4-12(8-13)10-15/h3-5,8,11H,6-7H2,1-2H3. The van der Waals surface area contributed by atoms with Gasteiger partial charge in [0.1, 0.15) is 0 Å².